The largest absolute Gasteiger partial charge is 0.458 e. The van der Waals surface area contributed by atoms with Gasteiger partial charge in [0.05, 0.1) is 5.69 Å². The van der Waals surface area contributed by atoms with E-state index in [2.05, 4.69) is 5.10 Å². The Balaban J connectivity index is 1.65. The molecule has 27 heavy (non-hydrogen) atoms. The number of esters is 1. The van der Waals surface area contributed by atoms with Gasteiger partial charge in [-0.3, -0.25) is 4.68 Å². The molecule has 0 radical (unpaired) electrons. The highest BCUT2D eigenvalue weighted by atomic mass is 16.5. The van der Waals surface area contributed by atoms with Gasteiger partial charge in [-0.2, -0.15) is 5.10 Å². The van der Waals surface area contributed by atoms with E-state index in [-0.39, 0.29) is 6.61 Å². The summed E-state index contributed by atoms with van der Waals surface area (Å²) in [5.41, 5.74) is 3.61. The molecule has 0 unspecified atom stereocenters. The average molecular weight is 362 g/mol. The Morgan fingerprint density at radius 1 is 1.07 bits per heavy atom. The van der Waals surface area contributed by atoms with Gasteiger partial charge in [0, 0.05) is 29.9 Å². The second-order valence-corrected chi connectivity index (χ2v) is 6.17. The molecule has 0 aliphatic carbocycles. The van der Waals surface area contributed by atoms with Crippen molar-refractivity contribution in [3.63, 3.8) is 0 Å². The van der Waals surface area contributed by atoms with Crippen molar-refractivity contribution in [3.05, 3.63) is 83.2 Å². The summed E-state index contributed by atoms with van der Waals surface area (Å²) in [6.45, 7) is 4.01. The third kappa shape index (κ3) is 4.64. The molecular formula is C22H22N2O3. The highest BCUT2D eigenvalue weighted by Gasteiger charge is 2.09. The van der Waals surface area contributed by atoms with Crippen LogP contribution in [0.3, 0.4) is 0 Å². The first kappa shape index (κ1) is 18.5. The molecule has 0 atom stereocenters. The Labute approximate surface area is 158 Å². The molecule has 3 rings (SSSR count). The van der Waals surface area contributed by atoms with Crippen LogP contribution in [0, 0.1) is 13.8 Å². The van der Waals surface area contributed by atoms with Gasteiger partial charge in [-0.15, -0.1) is 0 Å². The van der Waals surface area contributed by atoms with Crippen LogP contribution < -0.4 is 4.74 Å². The van der Waals surface area contributed by atoms with Gasteiger partial charge in [-0.1, -0.05) is 36.4 Å². The zero-order chi connectivity index (χ0) is 19.2. The lowest BCUT2D eigenvalue weighted by molar-refractivity contribution is -0.138. The molecule has 2 aromatic carbocycles. The fraction of sp³-hybridized carbons (Fsp3) is 0.182. The molecule has 0 fully saturated rings. The minimum Gasteiger partial charge on any atom is -0.458 e. The van der Waals surface area contributed by atoms with Crippen LogP contribution in [0.5, 0.6) is 11.5 Å². The van der Waals surface area contributed by atoms with E-state index in [0.717, 1.165) is 28.3 Å². The maximum Gasteiger partial charge on any atom is 0.331 e. The average Bonchev–Trinajstić information content (AvgIpc) is 2.92. The Bertz CT molecular complexity index is 959. The maximum absolute atomic E-state index is 12.1. The molecule has 1 aromatic heterocycles. The number of aryl methyl sites for hydroxylation is 2. The van der Waals surface area contributed by atoms with Crippen LogP contribution in [0.15, 0.2) is 60.7 Å². The van der Waals surface area contributed by atoms with E-state index < -0.39 is 5.97 Å². The second kappa shape index (κ2) is 8.36. The van der Waals surface area contributed by atoms with Gasteiger partial charge in [0.2, 0.25) is 0 Å². The minimum atomic E-state index is -0.410. The molecule has 138 valence electrons. The van der Waals surface area contributed by atoms with Gasteiger partial charge < -0.3 is 9.47 Å². The summed E-state index contributed by atoms with van der Waals surface area (Å²) in [4.78, 5) is 12.1. The van der Waals surface area contributed by atoms with E-state index in [1.165, 1.54) is 6.08 Å². The third-order valence-corrected chi connectivity index (χ3v) is 4.26. The van der Waals surface area contributed by atoms with Crippen LogP contribution in [0.2, 0.25) is 0 Å². The number of rotatable bonds is 6. The summed E-state index contributed by atoms with van der Waals surface area (Å²) in [6.07, 6.45) is 3.17. The number of hydrogen-bond acceptors (Lipinski definition) is 4. The highest BCUT2D eigenvalue weighted by Crippen LogP contribution is 2.25. The third-order valence-electron chi connectivity index (χ3n) is 4.26. The van der Waals surface area contributed by atoms with Crippen molar-refractivity contribution >= 4 is 12.0 Å². The van der Waals surface area contributed by atoms with Crippen molar-refractivity contribution in [1.29, 1.82) is 0 Å². The Kier molecular flexibility index (Phi) is 5.71. The van der Waals surface area contributed by atoms with Crippen molar-refractivity contribution in [2.24, 2.45) is 7.05 Å². The molecule has 5 heteroatoms. The molecule has 0 saturated heterocycles. The summed E-state index contributed by atoms with van der Waals surface area (Å²) < 4.78 is 13.1. The van der Waals surface area contributed by atoms with Crippen molar-refractivity contribution in [1.82, 2.24) is 9.78 Å². The molecule has 0 amide bonds. The predicted molar refractivity (Wildman–Crippen MR) is 104 cm³/mol. The van der Waals surface area contributed by atoms with Gasteiger partial charge in [-0.05, 0) is 38.1 Å². The van der Waals surface area contributed by atoms with E-state index >= 15 is 0 Å². The lowest BCUT2D eigenvalue weighted by atomic mass is 10.2. The molecule has 0 saturated carbocycles. The van der Waals surface area contributed by atoms with Crippen molar-refractivity contribution in [2.45, 2.75) is 20.5 Å². The first-order valence-corrected chi connectivity index (χ1v) is 8.70. The van der Waals surface area contributed by atoms with Crippen LogP contribution in [0.25, 0.3) is 6.08 Å². The summed E-state index contributed by atoms with van der Waals surface area (Å²) >= 11 is 0. The molecule has 0 aliphatic rings. The summed E-state index contributed by atoms with van der Waals surface area (Å²) in [6, 6.07) is 17.0. The van der Waals surface area contributed by atoms with Gasteiger partial charge in [0.25, 0.3) is 0 Å². The summed E-state index contributed by atoms with van der Waals surface area (Å²) in [5.74, 6) is 0.991. The topological polar surface area (TPSA) is 53.4 Å². The predicted octanol–water partition coefficient (Wildman–Crippen LogP) is 4.59. The number of para-hydroxylation sites is 2. The number of hydrogen-bond donors (Lipinski definition) is 0. The molecule has 0 spiro atoms. The molecule has 5 nitrogen and oxygen atoms in total. The summed E-state index contributed by atoms with van der Waals surface area (Å²) in [5, 5.41) is 4.33. The van der Waals surface area contributed by atoms with Crippen LogP contribution >= 0.6 is 0 Å². The molecule has 1 heterocycles. The van der Waals surface area contributed by atoms with Crippen LogP contribution in [-0.2, 0) is 23.2 Å². The number of aromatic nitrogens is 2. The number of carbonyl (C=O) groups excluding carboxylic acids is 1. The van der Waals surface area contributed by atoms with E-state index in [0.29, 0.717) is 5.75 Å². The lowest BCUT2D eigenvalue weighted by Crippen LogP contribution is -2.02. The van der Waals surface area contributed by atoms with Gasteiger partial charge >= 0.3 is 5.97 Å². The quantitative estimate of drug-likeness (QED) is 0.475. The fourth-order valence-electron chi connectivity index (χ4n) is 2.72. The lowest BCUT2D eigenvalue weighted by Gasteiger charge is -2.11. The van der Waals surface area contributed by atoms with E-state index in [4.69, 9.17) is 9.47 Å². The zero-order valence-electron chi connectivity index (χ0n) is 15.7. The number of carbonyl (C=O) groups is 1. The fourth-order valence-corrected chi connectivity index (χ4v) is 2.72. The van der Waals surface area contributed by atoms with Crippen LogP contribution in [0.1, 0.15) is 22.5 Å². The Morgan fingerprint density at radius 3 is 2.48 bits per heavy atom. The monoisotopic (exact) mass is 362 g/mol. The Morgan fingerprint density at radius 2 is 1.78 bits per heavy atom. The number of ether oxygens (including phenoxy) is 2. The van der Waals surface area contributed by atoms with Gasteiger partial charge in [0.15, 0.2) is 0 Å². The maximum atomic E-state index is 12.1. The first-order valence-electron chi connectivity index (χ1n) is 8.70. The smallest absolute Gasteiger partial charge is 0.331 e. The van der Waals surface area contributed by atoms with Crippen molar-refractivity contribution in [2.75, 3.05) is 0 Å². The minimum absolute atomic E-state index is 0.136. The Hall–Kier alpha value is -3.34. The molecular weight excluding hydrogens is 340 g/mol. The number of benzene rings is 2. The van der Waals surface area contributed by atoms with Gasteiger partial charge in [0.1, 0.15) is 18.1 Å². The van der Waals surface area contributed by atoms with Crippen LogP contribution in [0.4, 0.5) is 0 Å². The first-order chi connectivity index (χ1) is 13.0. The van der Waals surface area contributed by atoms with Gasteiger partial charge in [-0.25, -0.2) is 4.79 Å². The highest BCUT2D eigenvalue weighted by molar-refractivity contribution is 5.87. The van der Waals surface area contributed by atoms with E-state index in [1.54, 1.807) is 10.8 Å². The molecule has 0 bridgehead atoms. The molecule has 3 aromatic rings. The van der Waals surface area contributed by atoms with Crippen LogP contribution in [-0.4, -0.2) is 15.7 Å². The molecule has 0 aliphatic heterocycles. The summed E-state index contributed by atoms with van der Waals surface area (Å²) in [7, 11) is 1.88. The van der Waals surface area contributed by atoms with Crippen molar-refractivity contribution in [3.8, 4) is 11.5 Å². The van der Waals surface area contributed by atoms with E-state index in [9.17, 15) is 4.79 Å². The zero-order valence-corrected chi connectivity index (χ0v) is 15.7. The number of nitrogens with zero attached hydrogens (tertiary/aromatic N) is 2. The molecule has 0 N–H and O–H groups in total. The second-order valence-electron chi connectivity index (χ2n) is 6.17. The SMILES string of the molecule is Cc1nn(C)c(C)c1/C=C/C(=O)OCc1ccccc1Oc1ccccc1. The van der Waals surface area contributed by atoms with E-state index in [1.807, 2.05) is 75.5 Å². The normalized spacial score (nSPS) is 10.9. The standard InChI is InChI=1S/C22H22N2O3/c1-16-20(17(2)24(3)23-16)13-14-22(25)26-15-18-9-7-8-12-21(18)27-19-10-5-4-6-11-19/h4-14H,15H2,1-3H3/b14-13+. The van der Waals surface area contributed by atoms with Crippen molar-refractivity contribution < 1.29 is 14.3 Å².